The average molecular weight is 382 g/mol. The number of benzene rings is 3. The Morgan fingerprint density at radius 2 is 1.67 bits per heavy atom. The molecule has 0 saturated heterocycles. The summed E-state index contributed by atoms with van der Waals surface area (Å²) in [7, 11) is 0. The molecule has 0 unspecified atom stereocenters. The number of hydrogen-bond acceptors (Lipinski definition) is 1. The van der Waals surface area contributed by atoms with Gasteiger partial charge in [0.2, 0.25) is 0 Å². The van der Waals surface area contributed by atoms with E-state index in [1.807, 2.05) is 37.3 Å². The van der Waals surface area contributed by atoms with Crippen molar-refractivity contribution in [1.29, 1.82) is 0 Å². The maximum atomic E-state index is 13.9. The number of rotatable bonds is 4. The lowest BCUT2D eigenvalue weighted by atomic mass is 9.94. The van der Waals surface area contributed by atoms with Crippen molar-refractivity contribution >= 4 is 23.0 Å². The van der Waals surface area contributed by atoms with Crippen molar-refractivity contribution in [1.82, 2.24) is 5.32 Å². The molecule has 0 aliphatic heterocycles. The van der Waals surface area contributed by atoms with Crippen LogP contribution >= 0.6 is 12.2 Å². The Kier molecular flexibility index (Phi) is 5.81. The molecule has 138 valence electrons. The molecule has 0 heterocycles. The topological polar surface area (TPSA) is 24.1 Å². The zero-order valence-corrected chi connectivity index (χ0v) is 15.9. The molecule has 0 fully saturated rings. The smallest absolute Gasteiger partial charge is 0.171 e. The van der Waals surface area contributed by atoms with Crippen LogP contribution in [0.3, 0.4) is 0 Å². The van der Waals surface area contributed by atoms with Gasteiger partial charge in [0.15, 0.2) is 5.11 Å². The van der Waals surface area contributed by atoms with Crippen LogP contribution in [0.1, 0.15) is 28.3 Å². The van der Waals surface area contributed by atoms with Crippen LogP contribution in [0.15, 0.2) is 66.7 Å². The molecule has 0 amide bonds. The minimum absolute atomic E-state index is 0.126. The zero-order chi connectivity index (χ0) is 19.4. The standard InChI is InChI=1S/C22H20F2N2S/c1-14-8-10-18(15(2)12-14)21(16-6-4-3-5-7-16)26-22(27)25-20-11-9-17(23)13-19(20)24/h3-13,21H,1-2H3,(H2,25,26,27)/t21-/m1/s1. The number of halogens is 2. The van der Waals surface area contributed by atoms with E-state index in [9.17, 15) is 8.78 Å². The Balaban J connectivity index is 1.88. The van der Waals surface area contributed by atoms with Gasteiger partial charge in [-0.25, -0.2) is 8.78 Å². The summed E-state index contributed by atoms with van der Waals surface area (Å²) in [4.78, 5) is 0. The second kappa shape index (κ2) is 8.27. The maximum absolute atomic E-state index is 13.9. The second-order valence-corrected chi connectivity index (χ2v) is 6.83. The summed E-state index contributed by atoms with van der Waals surface area (Å²) in [5, 5.41) is 6.34. The molecule has 3 aromatic carbocycles. The van der Waals surface area contributed by atoms with Crippen LogP contribution in [0.25, 0.3) is 0 Å². The molecular formula is C22H20F2N2S. The third-order valence-corrected chi connectivity index (χ3v) is 4.54. The molecule has 0 aliphatic rings. The SMILES string of the molecule is Cc1ccc([C@H](NC(=S)Nc2ccc(F)cc2F)c2ccccc2)c(C)c1. The van der Waals surface area contributed by atoms with Gasteiger partial charge in [0.25, 0.3) is 0 Å². The number of nitrogens with one attached hydrogen (secondary N) is 2. The molecule has 0 aliphatic carbocycles. The molecule has 27 heavy (non-hydrogen) atoms. The van der Waals surface area contributed by atoms with E-state index in [0.29, 0.717) is 0 Å². The molecule has 0 bridgehead atoms. The van der Waals surface area contributed by atoms with Crippen molar-refractivity contribution in [3.05, 3.63) is 101 Å². The molecular weight excluding hydrogens is 362 g/mol. The molecule has 0 aromatic heterocycles. The molecule has 2 nitrogen and oxygen atoms in total. The number of thiocarbonyl (C=S) groups is 1. The highest BCUT2D eigenvalue weighted by molar-refractivity contribution is 7.80. The number of anilines is 1. The second-order valence-electron chi connectivity index (χ2n) is 6.43. The van der Waals surface area contributed by atoms with Crippen molar-refractivity contribution in [2.45, 2.75) is 19.9 Å². The summed E-state index contributed by atoms with van der Waals surface area (Å²) in [6.45, 7) is 4.10. The van der Waals surface area contributed by atoms with Gasteiger partial charge < -0.3 is 10.6 Å². The van der Waals surface area contributed by atoms with Crippen LogP contribution < -0.4 is 10.6 Å². The van der Waals surface area contributed by atoms with Gasteiger partial charge in [-0.15, -0.1) is 0 Å². The third-order valence-electron chi connectivity index (χ3n) is 4.32. The first-order valence-electron chi connectivity index (χ1n) is 8.58. The van der Waals surface area contributed by atoms with Crippen molar-refractivity contribution < 1.29 is 8.78 Å². The lowest BCUT2D eigenvalue weighted by molar-refractivity contribution is 0.586. The Labute approximate surface area is 163 Å². The third kappa shape index (κ3) is 4.68. The minimum Gasteiger partial charge on any atom is -0.352 e. The first-order valence-corrected chi connectivity index (χ1v) is 8.99. The summed E-state index contributed by atoms with van der Waals surface area (Å²) in [5.74, 6) is -1.32. The minimum atomic E-state index is -0.693. The van der Waals surface area contributed by atoms with Gasteiger partial charge in [0, 0.05) is 6.07 Å². The van der Waals surface area contributed by atoms with E-state index in [4.69, 9.17) is 12.2 Å². The van der Waals surface area contributed by atoms with E-state index >= 15 is 0 Å². The van der Waals surface area contributed by atoms with E-state index in [1.165, 1.54) is 17.7 Å². The van der Waals surface area contributed by atoms with E-state index < -0.39 is 11.6 Å². The van der Waals surface area contributed by atoms with Crippen molar-refractivity contribution in [2.24, 2.45) is 0 Å². The van der Waals surface area contributed by atoms with Gasteiger partial charge in [0.1, 0.15) is 11.6 Å². The molecule has 3 aromatic rings. The zero-order valence-electron chi connectivity index (χ0n) is 15.1. The largest absolute Gasteiger partial charge is 0.352 e. The number of aryl methyl sites for hydroxylation is 2. The van der Waals surface area contributed by atoms with E-state index in [-0.39, 0.29) is 16.8 Å². The lowest BCUT2D eigenvalue weighted by Gasteiger charge is -2.24. The van der Waals surface area contributed by atoms with E-state index in [1.54, 1.807) is 0 Å². The Morgan fingerprint density at radius 1 is 0.926 bits per heavy atom. The Hall–Kier alpha value is -2.79. The quantitative estimate of drug-likeness (QED) is 0.570. The Morgan fingerprint density at radius 3 is 2.33 bits per heavy atom. The van der Waals surface area contributed by atoms with Crippen LogP contribution in [0, 0.1) is 25.5 Å². The molecule has 2 N–H and O–H groups in total. The number of hydrogen-bond donors (Lipinski definition) is 2. The summed E-state index contributed by atoms with van der Waals surface area (Å²) in [6, 6.07) is 19.3. The van der Waals surface area contributed by atoms with Gasteiger partial charge in [-0.2, -0.15) is 0 Å². The molecule has 0 spiro atoms. The van der Waals surface area contributed by atoms with Gasteiger partial charge in [-0.3, -0.25) is 0 Å². The summed E-state index contributed by atoms with van der Waals surface area (Å²) in [6.07, 6.45) is 0. The highest BCUT2D eigenvalue weighted by Crippen LogP contribution is 2.26. The maximum Gasteiger partial charge on any atom is 0.171 e. The predicted molar refractivity (Wildman–Crippen MR) is 110 cm³/mol. The first kappa shape index (κ1) is 19.0. The van der Waals surface area contributed by atoms with E-state index in [2.05, 4.69) is 35.8 Å². The molecule has 1 atom stereocenters. The molecule has 5 heteroatoms. The van der Waals surface area contributed by atoms with Crippen LogP contribution in [-0.2, 0) is 0 Å². The van der Waals surface area contributed by atoms with Gasteiger partial charge in [-0.05, 0) is 54.9 Å². The van der Waals surface area contributed by atoms with Gasteiger partial charge >= 0.3 is 0 Å². The monoisotopic (exact) mass is 382 g/mol. The van der Waals surface area contributed by atoms with Gasteiger partial charge in [0.05, 0.1) is 11.7 Å². The summed E-state index contributed by atoms with van der Waals surface area (Å²) in [5.41, 5.74) is 4.55. The fraction of sp³-hybridized carbons (Fsp3) is 0.136. The fourth-order valence-electron chi connectivity index (χ4n) is 3.02. The van der Waals surface area contributed by atoms with Crippen molar-refractivity contribution in [2.75, 3.05) is 5.32 Å². The average Bonchev–Trinajstić information content (AvgIpc) is 2.63. The van der Waals surface area contributed by atoms with Crippen LogP contribution in [-0.4, -0.2) is 5.11 Å². The highest BCUT2D eigenvalue weighted by atomic mass is 32.1. The van der Waals surface area contributed by atoms with Crippen molar-refractivity contribution in [3.63, 3.8) is 0 Å². The molecule has 0 saturated carbocycles. The van der Waals surface area contributed by atoms with Crippen molar-refractivity contribution in [3.8, 4) is 0 Å². The Bertz CT molecular complexity index is 958. The summed E-state index contributed by atoms with van der Waals surface area (Å²) >= 11 is 5.39. The van der Waals surface area contributed by atoms with Gasteiger partial charge in [-0.1, -0.05) is 54.1 Å². The fourth-order valence-corrected chi connectivity index (χ4v) is 3.24. The van der Waals surface area contributed by atoms with Crippen LogP contribution in [0.5, 0.6) is 0 Å². The van der Waals surface area contributed by atoms with Crippen LogP contribution in [0.4, 0.5) is 14.5 Å². The highest BCUT2D eigenvalue weighted by Gasteiger charge is 2.18. The predicted octanol–water partition coefficient (Wildman–Crippen LogP) is 5.66. The van der Waals surface area contributed by atoms with Crippen LogP contribution in [0.2, 0.25) is 0 Å². The summed E-state index contributed by atoms with van der Waals surface area (Å²) < 4.78 is 27.0. The molecule has 0 radical (unpaired) electrons. The first-order chi connectivity index (χ1) is 12.9. The van der Waals surface area contributed by atoms with E-state index in [0.717, 1.165) is 22.8 Å². The molecule has 3 rings (SSSR count). The lowest BCUT2D eigenvalue weighted by Crippen LogP contribution is -2.33. The normalized spacial score (nSPS) is 11.7.